The number of phenols is 1. The van der Waals surface area contributed by atoms with E-state index in [0.29, 0.717) is 11.1 Å². The van der Waals surface area contributed by atoms with Crippen LogP contribution in [-0.2, 0) is 5.33 Å². The molecule has 0 heterocycles. The first kappa shape index (κ1) is 8.33. The van der Waals surface area contributed by atoms with Gasteiger partial charge in [0.15, 0.2) is 0 Å². The Balaban J connectivity index is 3.07. The Morgan fingerprint density at radius 2 is 2.20 bits per heavy atom. The standard InChI is InChI=1S/C7H6BrIO/c8-4-5-1-2-6(9)3-7(5)10/h1-3,10H,4H2. The lowest BCUT2D eigenvalue weighted by Crippen LogP contribution is -1.79. The molecule has 0 aliphatic carbocycles. The fourth-order valence-electron chi connectivity index (χ4n) is 0.650. The zero-order valence-corrected chi connectivity index (χ0v) is 8.89. The third-order valence-electron chi connectivity index (χ3n) is 1.19. The maximum absolute atomic E-state index is 9.26. The van der Waals surface area contributed by atoms with Crippen molar-refractivity contribution in [2.24, 2.45) is 0 Å². The third-order valence-corrected chi connectivity index (χ3v) is 2.47. The van der Waals surface area contributed by atoms with Gasteiger partial charge in [-0.15, -0.1) is 0 Å². The Morgan fingerprint density at radius 1 is 1.50 bits per heavy atom. The van der Waals surface area contributed by atoms with Crippen molar-refractivity contribution in [2.45, 2.75) is 5.33 Å². The van der Waals surface area contributed by atoms with E-state index in [1.165, 1.54) is 0 Å². The van der Waals surface area contributed by atoms with Crippen LogP contribution in [0, 0.1) is 3.57 Å². The molecule has 0 aliphatic rings. The number of benzene rings is 1. The van der Waals surface area contributed by atoms with Crippen LogP contribution in [0.2, 0.25) is 0 Å². The topological polar surface area (TPSA) is 20.2 Å². The second kappa shape index (κ2) is 3.57. The molecule has 0 amide bonds. The maximum Gasteiger partial charge on any atom is 0.120 e. The minimum absolute atomic E-state index is 0.365. The van der Waals surface area contributed by atoms with Crippen LogP contribution in [0.25, 0.3) is 0 Å². The summed E-state index contributed by atoms with van der Waals surface area (Å²) in [5.74, 6) is 0.365. The van der Waals surface area contributed by atoms with Crippen molar-refractivity contribution in [3.05, 3.63) is 27.3 Å². The summed E-state index contributed by atoms with van der Waals surface area (Å²) in [4.78, 5) is 0. The van der Waals surface area contributed by atoms with Crippen LogP contribution in [0.4, 0.5) is 0 Å². The number of hydrogen-bond acceptors (Lipinski definition) is 1. The van der Waals surface area contributed by atoms with E-state index in [-0.39, 0.29) is 0 Å². The molecule has 1 rings (SSSR count). The first-order valence-electron chi connectivity index (χ1n) is 2.77. The first-order chi connectivity index (χ1) is 4.74. The van der Waals surface area contributed by atoms with Crippen LogP contribution in [-0.4, -0.2) is 5.11 Å². The summed E-state index contributed by atoms with van der Waals surface area (Å²) in [6.07, 6.45) is 0. The number of hydrogen-bond donors (Lipinski definition) is 1. The van der Waals surface area contributed by atoms with Crippen LogP contribution in [0.5, 0.6) is 5.75 Å². The molecular formula is C7H6BrIO. The number of phenolic OH excluding ortho intramolecular Hbond substituents is 1. The molecule has 1 nitrogen and oxygen atoms in total. The molecule has 0 bridgehead atoms. The normalized spacial score (nSPS) is 9.80. The summed E-state index contributed by atoms with van der Waals surface area (Å²) in [6, 6.07) is 5.62. The molecule has 0 unspecified atom stereocenters. The summed E-state index contributed by atoms with van der Waals surface area (Å²) in [7, 11) is 0. The van der Waals surface area contributed by atoms with Crippen LogP contribution in [0.1, 0.15) is 5.56 Å². The molecule has 0 saturated heterocycles. The molecule has 0 fully saturated rings. The second-order valence-corrected chi connectivity index (χ2v) is 3.71. The Labute approximate surface area is 81.7 Å². The van der Waals surface area contributed by atoms with Crippen molar-refractivity contribution in [1.82, 2.24) is 0 Å². The van der Waals surface area contributed by atoms with Gasteiger partial charge < -0.3 is 5.11 Å². The molecule has 10 heavy (non-hydrogen) atoms. The largest absolute Gasteiger partial charge is 0.508 e. The fourth-order valence-corrected chi connectivity index (χ4v) is 1.60. The fraction of sp³-hybridized carbons (Fsp3) is 0.143. The average Bonchev–Trinajstić information content (AvgIpc) is 1.88. The van der Waals surface area contributed by atoms with E-state index >= 15 is 0 Å². The highest BCUT2D eigenvalue weighted by atomic mass is 127. The second-order valence-electron chi connectivity index (χ2n) is 1.91. The van der Waals surface area contributed by atoms with Gasteiger partial charge in [-0.3, -0.25) is 0 Å². The monoisotopic (exact) mass is 312 g/mol. The summed E-state index contributed by atoms with van der Waals surface area (Å²) < 4.78 is 1.06. The minimum Gasteiger partial charge on any atom is -0.508 e. The van der Waals surface area contributed by atoms with E-state index in [4.69, 9.17) is 0 Å². The van der Waals surface area contributed by atoms with Crippen molar-refractivity contribution in [1.29, 1.82) is 0 Å². The van der Waals surface area contributed by atoms with Gasteiger partial charge in [0.25, 0.3) is 0 Å². The number of alkyl halides is 1. The van der Waals surface area contributed by atoms with Gasteiger partial charge in [0.05, 0.1) is 0 Å². The van der Waals surface area contributed by atoms with Gasteiger partial charge in [0, 0.05) is 14.5 Å². The van der Waals surface area contributed by atoms with Gasteiger partial charge in [0.2, 0.25) is 0 Å². The van der Waals surface area contributed by atoms with Gasteiger partial charge in [-0.1, -0.05) is 22.0 Å². The molecule has 0 aromatic heterocycles. The van der Waals surface area contributed by atoms with E-state index in [1.54, 1.807) is 6.07 Å². The summed E-state index contributed by atoms with van der Waals surface area (Å²) in [6.45, 7) is 0. The molecule has 54 valence electrons. The first-order valence-corrected chi connectivity index (χ1v) is 4.97. The number of rotatable bonds is 1. The highest BCUT2D eigenvalue weighted by molar-refractivity contribution is 14.1. The molecule has 3 heteroatoms. The average molecular weight is 313 g/mol. The van der Waals surface area contributed by atoms with Crippen molar-refractivity contribution in [3.8, 4) is 5.75 Å². The number of aromatic hydroxyl groups is 1. The lowest BCUT2D eigenvalue weighted by Gasteiger charge is -1.99. The molecular weight excluding hydrogens is 307 g/mol. The molecule has 0 atom stereocenters. The minimum atomic E-state index is 0.365. The van der Waals surface area contributed by atoms with Gasteiger partial charge in [-0.2, -0.15) is 0 Å². The number of halogens is 2. The molecule has 0 spiro atoms. The van der Waals surface area contributed by atoms with E-state index < -0.39 is 0 Å². The van der Waals surface area contributed by atoms with Crippen molar-refractivity contribution < 1.29 is 5.11 Å². The van der Waals surface area contributed by atoms with E-state index in [9.17, 15) is 5.11 Å². The SMILES string of the molecule is Oc1cc(I)ccc1CBr. The lowest BCUT2D eigenvalue weighted by atomic mass is 10.2. The van der Waals surface area contributed by atoms with Crippen LogP contribution in [0.15, 0.2) is 18.2 Å². The van der Waals surface area contributed by atoms with E-state index in [1.807, 2.05) is 12.1 Å². The zero-order chi connectivity index (χ0) is 7.56. The Morgan fingerprint density at radius 3 is 2.70 bits per heavy atom. The molecule has 1 aromatic rings. The predicted molar refractivity (Wildman–Crippen MR) is 53.5 cm³/mol. The van der Waals surface area contributed by atoms with E-state index in [0.717, 1.165) is 9.13 Å². The van der Waals surface area contributed by atoms with Crippen molar-refractivity contribution in [3.63, 3.8) is 0 Å². The van der Waals surface area contributed by atoms with Gasteiger partial charge in [-0.05, 0) is 34.7 Å². The van der Waals surface area contributed by atoms with E-state index in [2.05, 4.69) is 38.5 Å². The zero-order valence-electron chi connectivity index (χ0n) is 5.14. The van der Waals surface area contributed by atoms with Gasteiger partial charge >= 0.3 is 0 Å². The molecule has 1 N–H and O–H groups in total. The lowest BCUT2D eigenvalue weighted by molar-refractivity contribution is 0.470. The van der Waals surface area contributed by atoms with Crippen molar-refractivity contribution >= 4 is 38.5 Å². The van der Waals surface area contributed by atoms with Gasteiger partial charge in [-0.25, -0.2) is 0 Å². The Hall–Kier alpha value is 0.230. The summed E-state index contributed by atoms with van der Waals surface area (Å²) in [5, 5.41) is 9.96. The molecule has 1 aromatic carbocycles. The highest BCUT2D eigenvalue weighted by Crippen LogP contribution is 2.21. The van der Waals surface area contributed by atoms with Crippen molar-refractivity contribution in [2.75, 3.05) is 0 Å². The maximum atomic E-state index is 9.26. The highest BCUT2D eigenvalue weighted by Gasteiger charge is 1.97. The molecule has 0 radical (unpaired) electrons. The summed E-state index contributed by atoms with van der Waals surface area (Å²) >= 11 is 5.43. The molecule has 0 aliphatic heterocycles. The third kappa shape index (κ3) is 1.85. The van der Waals surface area contributed by atoms with Crippen LogP contribution < -0.4 is 0 Å². The quantitative estimate of drug-likeness (QED) is 0.624. The smallest absolute Gasteiger partial charge is 0.120 e. The molecule has 0 saturated carbocycles. The Kier molecular flexibility index (Phi) is 2.97. The van der Waals surface area contributed by atoms with Gasteiger partial charge in [0.1, 0.15) is 5.75 Å². The van der Waals surface area contributed by atoms with Crippen LogP contribution >= 0.6 is 38.5 Å². The Bertz CT molecular complexity index is 237. The predicted octanol–water partition coefficient (Wildman–Crippen LogP) is 2.89. The van der Waals surface area contributed by atoms with Crippen LogP contribution in [0.3, 0.4) is 0 Å². The summed E-state index contributed by atoms with van der Waals surface area (Å²) in [5.41, 5.74) is 0.931.